The van der Waals surface area contributed by atoms with Crippen LogP contribution in [0.3, 0.4) is 0 Å². The molecule has 2 aliphatic heterocycles. The number of para-hydroxylation sites is 1. The quantitative estimate of drug-likeness (QED) is 0.192. The predicted octanol–water partition coefficient (Wildman–Crippen LogP) is 11.2. The van der Waals surface area contributed by atoms with E-state index < -0.39 is 0 Å². The van der Waals surface area contributed by atoms with Gasteiger partial charge in [-0.2, -0.15) is 0 Å². The predicted molar refractivity (Wildman–Crippen MR) is 199 cm³/mol. The number of benzene rings is 3. The van der Waals surface area contributed by atoms with Gasteiger partial charge in [0.25, 0.3) is 0 Å². The third-order valence-corrected chi connectivity index (χ3v) is 11.2. The van der Waals surface area contributed by atoms with E-state index in [0.717, 1.165) is 23.1 Å². The van der Waals surface area contributed by atoms with Crippen molar-refractivity contribution in [1.29, 1.82) is 0 Å². The monoisotopic (exact) mass is 811 g/mol. The molecule has 0 radical (unpaired) electrons. The second-order valence-electron chi connectivity index (χ2n) is 14.1. The fraction of sp³-hybridized carbons (Fsp3) is 0.476. The Kier molecular flexibility index (Phi) is 12.5. The van der Waals surface area contributed by atoms with Crippen LogP contribution < -0.4 is 4.90 Å². The summed E-state index contributed by atoms with van der Waals surface area (Å²) in [5.74, 6) is 0.741. The second-order valence-corrected chi connectivity index (χ2v) is 14.1. The second kappa shape index (κ2) is 15.7. The fourth-order valence-electron chi connectivity index (χ4n) is 8.68. The Balaban J connectivity index is 0.000000330. The Bertz CT molecular complexity index is 1630. The molecule has 0 unspecified atom stereocenters. The summed E-state index contributed by atoms with van der Waals surface area (Å²) in [4.78, 5) is 7.51. The van der Waals surface area contributed by atoms with E-state index in [4.69, 9.17) is 4.42 Å². The standard InChI is InChI=1S/C31H34N2O.C9H17N.2CH3.Os/c1-19-14-15-26-25-12-8-9-13-28(25)34-31(26)30(19)33-18-27(32(5)22(33)4)29-20(2)16-24(17-21(29)3)23-10-6-7-11-23;1-2-6-9(5-1)10-7-3-4-8-10;;;/h8-9,12-18,22-23H,6-7,10-11H2,1-5H3;9H,1-8H2;2*1H3;/q;;2*-1;+2/t22-;;;;/m1..../s1. The average Bonchev–Trinajstić information content (AvgIpc) is 3.86. The minimum Gasteiger partial charge on any atom is -0.454 e. The summed E-state index contributed by atoms with van der Waals surface area (Å²) in [6, 6.07) is 18.7. The van der Waals surface area contributed by atoms with Gasteiger partial charge in [0.1, 0.15) is 11.7 Å². The summed E-state index contributed by atoms with van der Waals surface area (Å²) >= 11 is 0. The molecule has 3 aromatic carbocycles. The van der Waals surface area contributed by atoms with Crippen molar-refractivity contribution in [2.45, 2.75) is 110 Å². The van der Waals surface area contributed by atoms with Gasteiger partial charge in [0.05, 0.1) is 11.4 Å². The fourth-order valence-corrected chi connectivity index (χ4v) is 8.68. The van der Waals surface area contributed by atoms with Crippen LogP contribution in [0.15, 0.2) is 59.1 Å². The zero-order valence-corrected chi connectivity index (χ0v) is 32.6. The number of aryl methyl sites for hydroxylation is 3. The number of hydrogen-bond acceptors (Lipinski definition) is 4. The smallest absolute Gasteiger partial charge is 0.454 e. The first-order valence-corrected chi connectivity index (χ1v) is 17.4. The number of rotatable bonds is 4. The van der Waals surface area contributed by atoms with Gasteiger partial charge >= 0.3 is 19.8 Å². The maximum Gasteiger partial charge on any atom is 2.00 e. The van der Waals surface area contributed by atoms with Gasteiger partial charge in [-0.25, -0.2) is 0 Å². The van der Waals surface area contributed by atoms with Crippen LogP contribution in [-0.2, 0) is 19.8 Å². The maximum absolute atomic E-state index is 6.43. The minimum atomic E-state index is 0. The molecule has 1 aromatic heterocycles. The number of fused-ring (bicyclic) bond motifs is 3. The van der Waals surface area contributed by atoms with Gasteiger partial charge in [-0.15, -0.1) is 0 Å². The number of likely N-dealkylation sites (tertiary alicyclic amines) is 1. The number of furan rings is 1. The summed E-state index contributed by atoms with van der Waals surface area (Å²) in [6.07, 6.45) is 16.8. The van der Waals surface area contributed by atoms with Crippen LogP contribution in [0.25, 0.3) is 27.6 Å². The summed E-state index contributed by atoms with van der Waals surface area (Å²) < 4.78 is 6.43. The Morgan fingerprint density at radius 2 is 1.34 bits per heavy atom. The van der Waals surface area contributed by atoms with Gasteiger partial charge in [-0.1, -0.05) is 68.1 Å². The molecule has 5 heteroatoms. The summed E-state index contributed by atoms with van der Waals surface area (Å²) in [5.41, 5.74) is 11.3. The number of anilines is 1. The van der Waals surface area contributed by atoms with E-state index in [1.165, 1.54) is 127 Å². The molecule has 1 atom stereocenters. The molecule has 3 fully saturated rings. The van der Waals surface area contributed by atoms with Crippen LogP contribution in [0.5, 0.6) is 0 Å². The van der Waals surface area contributed by atoms with Crippen molar-refractivity contribution in [1.82, 2.24) is 9.80 Å². The Labute approximate surface area is 298 Å². The number of hydrogen-bond donors (Lipinski definition) is 0. The minimum absolute atomic E-state index is 0. The molecule has 47 heavy (non-hydrogen) atoms. The molecule has 0 spiro atoms. The molecular formula is C42H57N3OOs. The van der Waals surface area contributed by atoms with Crippen molar-refractivity contribution in [3.8, 4) is 0 Å². The van der Waals surface area contributed by atoms with Crippen LogP contribution in [0, 0.1) is 35.6 Å². The van der Waals surface area contributed by atoms with E-state index in [2.05, 4.69) is 98.1 Å². The Morgan fingerprint density at radius 3 is 2.00 bits per heavy atom. The molecule has 0 N–H and O–H groups in total. The van der Waals surface area contributed by atoms with Crippen LogP contribution in [0.1, 0.15) is 105 Å². The van der Waals surface area contributed by atoms with Crippen molar-refractivity contribution in [3.63, 3.8) is 0 Å². The molecule has 1 saturated heterocycles. The molecule has 2 saturated carbocycles. The van der Waals surface area contributed by atoms with Crippen molar-refractivity contribution in [2.24, 2.45) is 0 Å². The molecule has 0 bridgehead atoms. The van der Waals surface area contributed by atoms with Crippen LogP contribution in [0.4, 0.5) is 5.69 Å². The van der Waals surface area contributed by atoms with Crippen LogP contribution in [-0.4, -0.2) is 42.1 Å². The van der Waals surface area contributed by atoms with Crippen molar-refractivity contribution in [2.75, 3.05) is 25.0 Å². The first-order chi connectivity index (χ1) is 21.4. The van der Waals surface area contributed by atoms with Crippen molar-refractivity contribution < 1.29 is 24.2 Å². The Hall–Kier alpha value is -2.60. The van der Waals surface area contributed by atoms with Crippen molar-refractivity contribution >= 4 is 33.3 Å². The molecule has 4 aliphatic rings. The summed E-state index contributed by atoms with van der Waals surface area (Å²) in [7, 11) is 2.22. The van der Waals surface area contributed by atoms with Gasteiger partial charge in [0.15, 0.2) is 5.58 Å². The molecule has 4 aromatic rings. The summed E-state index contributed by atoms with van der Waals surface area (Å²) in [5, 5.41) is 2.36. The van der Waals surface area contributed by atoms with Crippen LogP contribution >= 0.6 is 0 Å². The molecule has 254 valence electrons. The van der Waals surface area contributed by atoms with Crippen LogP contribution in [0.2, 0.25) is 0 Å². The first kappa shape index (κ1) is 37.2. The molecule has 2 aliphatic carbocycles. The summed E-state index contributed by atoms with van der Waals surface area (Å²) in [6.45, 7) is 11.8. The largest absolute Gasteiger partial charge is 2.00 e. The van der Waals surface area contributed by atoms with E-state index in [9.17, 15) is 0 Å². The molecular weight excluding hydrogens is 753 g/mol. The van der Waals surface area contributed by atoms with Gasteiger partial charge in [0.2, 0.25) is 0 Å². The third kappa shape index (κ3) is 7.09. The number of nitrogens with zero attached hydrogens (tertiary/aromatic N) is 3. The molecule has 8 rings (SSSR count). The first-order valence-electron chi connectivity index (χ1n) is 17.4. The SMILES string of the molecule is C1CCC(N2CCCC2)C1.Cc1cc(C2CCCC2)cc(C)c1C1=CN(c2c(C)ccc3c2oc2ccccc23)[C@H](C)N1C.[CH3-].[CH3-].[Os+2]. The topological polar surface area (TPSA) is 22.9 Å². The van der Waals surface area contributed by atoms with E-state index in [1.54, 1.807) is 0 Å². The van der Waals surface area contributed by atoms with E-state index >= 15 is 0 Å². The van der Waals surface area contributed by atoms with E-state index in [1.807, 2.05) is 6.07 Å². The van der Waals surface area contributed by atoms with E-state index in [0.29, 0.717) is 0 Å². The molecule has 0 amide bonds. The van der Waals surface area contributed by atoms with Gasteiger partial charge in [-0.3, -0.25) is 0 Å². The van der Waals surface area contributed by atoms with Gasteiger partial charge in [-0.05, 0) is 114 Å². The Morgan fingerprint density at radius 1 is 0.723 bits per heavy atom. The normalized spacial score (nSPS) is 20.2. The zero-order chi connectivity index (χ0) is 30.4. The third-order valence-electron chi connectivity index (χ3n) is 11.2. The van der Waals surface area contributed by atoms with Gasteiger partial charge in [0, 0.05) is 35.6 Å². The zero-order valence-electron chi connectivity index (χ0n) is 30.0. The molecule has 3 heterocycles. The maximum atomic E-state index is 6.43. The van der Waals surface area contributed by atoms with Crippen molar-refractivity contribution in [3.05, 3.63) is 97.4 Å². The van der Waals surface area contributed by atoms with E-state index in [-0.39, 0.29) is 40.8 Å². The average molecular weight is 810 g/mol. The molecule has 4 nitrogen and oxygen atoms in total. The van der Waals surface area contributed by atoms with Gasteiger partial charge < -0.3 is 34.0 Å².